The molecule has 2 aliphatic heterocycles. The summed E-state index contributed by atoms with van der Waals surface area (Å²) >= 11 is 0. The molecule has 5 heterocycles. The standard InChI is InChI=1S/C20H20F5N7O/c21-16(22)11-32-19-14(7-28-32)27-8-17(29-19)31-5-4-30-10-13(6-12(30)9-31)33-15-2-1-3-26-18(15)20(23,24)25/h1-3,7-8,12-13,16H,4-6,9-11H2/t12-,13+/m0/s1. The van der Waals surface area contributed by atoms with E-state index in [0.717, 1.165) is 10.9 Å². The first-order valence-electron chi connectivity index (χ1n) is 10.4. The molecular weight excluding hydrogens is 449 g/mol. The van der Waals surface area contributed by atoms with Crippen molar-refractivity contribution in [2.45, 2.75) is 37.7 Å². The van der Waals surface area contributed by atoms with Crippen LogP contribution in [0.1, 0.15) is 12.1 Å². The van der Waals surface area contributed by atoms with E-state index in [0.29, 0.717) is 49.6 Å². The second-order valence-electron chi connectivity index (χ2n) is 8.07. The number of ether oxygens (including phenoxy) is 1. The lowest BCUT2D eigenvalue weighted by atomic mass is 10.1. The van der Waals surface area contributed by atoms with Crippen LogP contribution in [0, 0.1) is 0 Å². The molecule has 2 aliphatic rings. The molecular formula is C20H20F5N7O. The van der Waals surface area contributed by atoms with Gasteiger partial charge in [-0.2, -0.15) is 18.3 Å². The highest BCUT2D eigenvalue weighted by Gasteiger charge is 2.40. The molecule has 2 atom stereocenters. The summed E-state index contributed by atoms with van der Waals surface area (Å²) < 4.78 is 72.1. The minimum absolute atomic E-state index is 0.0539. The lowest BCUT2D eigenvalue weighted by molar-refractivity contribution is -0.142. The van der Waals surface area contributed by atoms with E-state index in [9.17, 15) is 22.0 Å². The summed E-state index contributed by atoms with van der Waals surface area (Å²) in [4.78, 5) is 16.4. The molecule has 0 aromatic carbocycles. The van der Waals surface area contributed by atoms with E-state index >= 15 is 0 Å². The number of nitrogens with zero attached hydrogens (tertiary/aromatic N) is 7. The lowest BCUT2D eigenvalue weighted by Crippen LogP contribution is -2.50. The predicted octanol–water partition coefficient (Wildman–Crippen LogP) is 2.85. The third-order valence-corrected chi connectivity index (χ3v) is 5.88. The maximum Gasteiger partial charge on any atom is 0.437 e. The van der Waals surface area contributed by atoms with Crippen LogP contribution in [0.25, 0.3) is 11.2 Å². The van der Waals surface area contributed by atoms with Crippen LogP contribution < -0.4 is 9.64 Å². The SMILES string of the molecule is FC(F)Cn1ncc2ncc(N3CCN4C[C@H](Oc5cccnc5C(F)(F)F)C[C@H]4C3)nc21. The summed E-state index contributed by atoms with van der Waals surface area (Å²) in [7, 11) is 0. The van der Waals surface area contributed by atoms with Gasteiger partial charge in [-0.15, -0.1) is 0 Å². The number of aromatic nitrogens is 5. The van der Waals surface area contributed by atoms with Gasteiger partial charge in [-0.1, -0.05) is 0 Å². The van der Waals surface area contributed by atoms with Gasteiger partial charge < -0.3 is 9.64 Å². The summed E-state index contributed by atoms with van der Waals surface area (Å²) in [5.41, 5.74) is -0.302. The fraction of sp³-hybridized carbons (Fsp3) is 0.500. The largest absolute Gasteiger partial charge is 0.487 e. The van der Waals surface area contributed by atoms with E-state index in [2.05, 4.69) is 25.0 Å². The third-order valence-electron chi connectivity index (χ3n) is 5.88. The quantitative estimate of drug-likeness (QED) is 0.532. The highest BCUT2D eigenvalue weighted by atomic mass is 19.4. The fourth-order valence-electron chi connectivity index (χ4n) is 4.42. The predicted molar refractivity (Wildman–Crippen MR) is 107 cm³/mol. The summed E-state index contributed by atoms with van der Waals surface area (Å²) in [5, 5.41) is 3.93. The van der Waals surface area contributed by atoms with E-state index in [1.165, 1.54) is 18.3 Å². The minimum atomic E-state index is -4.59. The van der Waals surface area contributed by atoms with Crippen molar-refractivity contribution < 1.29 is 26.7 Å². The van der Waals surface area contributed by atoms with E-state index in [-0.39, 0.29) is 11.8 Å². The number of halogens is 5. The molecule has 0 bridgehead atoms. The highest BCUT2D eigenvalue weighted by Crippen LogP contribution is 2.36. The van der Waals surface area contributed by atoms with Gasteiger partial charge in [0.2, 0.25) is 0 Å². The average molecular weight is 469 g/mol. The summed E-state index contributed by atoms with van der Waals surface area (Å²) in [6, 6.07) is 2.76. The molecule has 0 N–H and O–H groups in total. The lowest BCUT2D eigenvalue weighted by Gasteiger charge is -2.37. The smallest absolute Gasteiger partial charge is 0.437 e. The Kier molecular flexibility index (Phi) is 5.51. The highest BCUT2D eigenvalue weighted by molar-refractivity contribution is 5.71. The van der Waals surface area contributed by atoms with Gasteiger partial charge in [-0.3, -0.25) is 4.90 Å². The van der Waals surface area contributed by atoms with Crippen LogP contribution in [0.2, 0.25) is 0 Å². The molecule has 0 amide bonds. The summed E-state index contributed by atoms with van der Waals surface area (Å²) in [5.74, 6) is 0.282. The zero-order valence-corrected chi connectivity index (χ0v) is 17.3. The van der Waals surface area contributed by atoms with Crippen molar-refractivity contribution in [3.05, 3.63) is 36.4 Å². The molecule has 3 aromatic heterocycles. The number of rotatable bonds is 5. The van der Waals surface area contributed by atoms with Crippen LogP contribution in [-0.2, 0) is 12.7 Å². The van der Waals surface area contributed by atoms with Crippen LogP contribution in [0.15, 0.2) is 30.7 Å². The molecule has 0 aliphatic carbocycles. The Morgan fingerprint density at radius 1 is 1.12 bits per heavy atom. The van der Waals surface area contributed by atoms with Gasteiger partial charge in [-0.25, -0.2) is 28.4 Å². The Hall–Kier alpha value is -3.09. The van der Waals surface area contributed by atoms with Gasteiger partial charge in [0.1, 0.15) is 24.0 Å². The van der Waals surface area contributed by atoms with Gasteiger partial charge >= 0.3 is 6.18 Å². The van der Waals surface area contributed by atoms with E-state index < -0.39 is 30.9 Å². The van der Waals surface area contributed by atoms with Crippen molar-refractivity contribution in [2.75, 3.05) is 31.1 Å². The first-order valence-corrected chi connectivity index (χ1v) is 10.4. The van der Waals surface area contributed by atoms with E-state index in [4.69, 9.17) is 4.74 Å². The normalized spacial score (nSPS) is 21.7. The van der Waals surface area contributed by atoms with Gasteiger partial charge in [0.15, 0.2) is 17.1 Å². The van der Waals surface area contributed by atoms with E-state index in [1.54, 1.807) is 6.20 Å². The molecule has 13 heteroatoms. The molecule has 0 unspecified atom stereocenters. The molecule has 8 nitrogen and oxygen atoms in total. The zero-order valence-electron chi connectivity index (χ0n) is 17.3. The van der Waals surface area contributed by atoms with Gasteiger partial charge in [-0.05, 0) is 12.1 Å². The molecule has 2 saturated heterocycles. The van der Waals surface area contributed by atoms with Crippen molar-refractivity contribution in [2.24, 2.45) is 0 Å². The average Bonchev–Trinajstić information content (AvgIpc) is 3.35. The first kappa shape index (κ1) is 21.7. The second kappa shape index (κ2) is 8.36. The number of fused-ring (bicyclic) bond motifs is 2. The van der Waals surface area contributed by atoms with Gasteiger partial charge in [0.05, 0.1) is 12.4 Å². The number of piperazine rings is 1. The van der Waals surface area contributed by atoms with Gasteiger partial charge in [0, 0.05) is 44.8 Å². The van der Waals surface area contributed by atoms with Crippen molar-refractivity contribution >= 4 is 17.0 Å². The van der Waals surface area contributed by atoms with Crippen molar-refractivity contribution in [1.29, 1.82) is 0 Å². The van der Waals surface area contributed by atoms with E-state index in [1.807, 2.05) is 4.90 Å². The monoisotopic (exact) mass is 469 g/mol. The molecule has 0 radical (unpaired) electrons. The molecule has 176 valence electrons. The van der Waals surface area contributed by atoms with Crippen LogP contribution in [0.5, 0.6) is 5.75 Å². The van der Waals surface area contributed by atoms with Crippen LogP contribution in [0.4, 0.5) is 27.8 Å². The minimum Gasteiger partial charge on any atom is -0.487 e. The van der Waals surface area contributed by atoms with Crippen LogP contribution in [-0.4, -0.2) is 74.4 Å². The second-order valence-corrected chi connectivity index (χ2v) is 8.07. The van der Waals surface area contributed by atoms with Crippen molar-refractivity contribution in [1.82, 2.24) is 29.6 Å². The maximum absolute atomic E-state index is 13.2. The molecule has 33 heavy (non-hydrogen) atoms. The zero-order chi connectivity index (χ0) is 23.2. The Morgan fingerprint density at radius 2 is 1.97 bits per heavy atom. The number of hydrogen-bond donors (Lipinski definition) is 0. The molecule has 3 aromatic rings. The van der Waals surface area contributed by atoms with Crippen molar-refractivity contribution in [3.8, 4) is 5.75 Å². The van der Waals surface area contributed by atoms with Crippen LogP contribution in [0.3, 0.4) is 0 Å². The van der Waals surface area contributed by atoms with Crippen molar-refractivity contribution in [3.63, 3.8) is 0 Å². The Balaban J connectivity index is 1.29. The summed E-state index contributed by atoms with van der Waals surface area (Å²) in [6.45, 7) is 1.80. The maximum atomic E-state index is 13.2. The third kappa shape index (κ3) is 4.41. The summed E-state index contributed by atoms with van der Waals surface area (Å²) in [6.07, 6.45) is -2.93. The van der Waals surface area contributed by atoms with Gasteiger partial charge in [0.25, 0.3) is 6.43 Å². The number of hydrogen-bond acceptors (Lipinski definition) is 7. The number of alkyl halides is 5. The Labute approximate surface area is 185 Å². The molecule has 0 spiro atoms. The number of pyridine rings is 1. The fourth-order valence-corrected chi connectivity index (χ4v) is 4.42. The van der Waals surface area contributed by atoms with Crippen LogP contribution >= 0.6 is 0 Å². The Bertz CT molecular complexity index is 1140. The topological polar surface area (TPSA) is 72.2 Å². The molecule has 2 fully saturated rings. The first-order chi connectivity index (χ1) is 15.8. The number of anilines is 1. The molecule has 0 saturated carbocycles. The Morgan fingerprint density at radius 3 is 2.76 bits per heavy atom. The molecule has 5 rings (SSSR count).